The Bertz CT molecular complexity index is 1070. The van der Waals surface area contributed by atoms with Gasteiger partial charge in [0.25, 0.3) is 10.0 Å². The molecule has 0 saturated carbocycles. The normalized spacial score (nSPS) is 11.3. The Labute approximate surface area is 150 Å². The first-order valence-corrected chi connectivity index (χ1v) is 9.14. The van der Waals surface area contributed by atoms with Crippen LogP contribution in [0.2, 0.25) is 0 Å². The zero-order valence-corrected chi connectivity index (χ0v) is 14.9. The topological polar surface area (TPSA) is 110 Å². The SMILES string of the molecule is Cc1nc(-c2ccc(S(=O)(=O)Nc3cccc(C(=O)O)c3C)cc2)co1. The molecule has 0 aliphatic rings. The van der Waals surface area contributed by atoms with E-state index in [-0.39, 0.29) is 16.1 Å². The predicted octanol–water partition coefficient (Wildman–Crippen LogP) is 3.46. The maximum atomic E-state index is 12.6. The maximum Gasteiger partial charge on any atom is 0.336 e. The van der Waals surface area contributed by atoms with Gasteiger partial charge in [-0.3, -0.25) is 4.72 Å². The minimum Gasteiger partial charge on any atom is -0.478 e. The van der Waals surface area contributed by atoms with Crippen LogP contribution < -0.4 is 4.72 Å². The van der Waals surface area contributed by atoms with Crippen molar-refractivity contribution in [2.75, 3.05) is 4.72 Å². The smallest absolute Gasteiger partial charge is 0.336 e. The first kappa shape index (κ1) is 17.7. The fraction of sp³-hybridized carbons (Fsp3) is 0.111. The molecule has 1 aromatic heterocycles. The molecule has 134 valence electrons. The number of aromatic carboxylic acids is 1. The first-order chi connectivity index (χ1) is 12.3. The van der Waals surface area contributed by atoms with Gasteiger partial charge in [-0.15, -0.1) is 0 Å². The second kappa shape index (κ2) is 6.64. The molecule has 3 rings (SSSR count). The van der Waals surface area contributed by atoms with Crippen molar-refractivity contribution in [1.82, 2.24) is 4.98 Å². The predicted molar refractivity (Wildman–Crippen MR) is 95.6 cm³/mol. The van der Waals surface area contributed by atoms with Gasteiger partial charge in [-0.1, -0.05) is 18.2 Å². The number of sulfonamides is 1. The van der Waals surface area contributed by atoms with Crippen LogP contribution in [0.4, 0.5) is 5.69 Å². The Morgan fingerprint density at radius 3 is 2.38 bits per heavy atom. The average molecular weight is 372 g/mol. The monoisotopic (exact) mass is 372 g/mol. The molecule has 2 N–H and O–H groups in total. The zero-order chi connectivity index (χ0) is 18.9. The van der Waals surface area contributed by atoms with Crippen molar-refractivity contribution in [3.05, 3.63) is 65.7 Å². The van der Waals surface area contributed by atoms with Crippen molar-refractivity contribution >= 4 is 21.7 Å². The second-order valence-electron chi connectivity index (χ2n) is 5.66. The molecule has 26 heavy (non-hydrogen) atoms. The summed E-state index contributed by atoms with van der Waals surface area (Å²) in [5.41, 5.74) is 1.95. The summed E-state index contributed by atoms with van der Waals surface area (Å²) in [5, 5.41) is 9.16. The molecule has 7 nitrogen and oxygen atoms in total. The van der Waals surface area contributed by atoms with E-state index in [1.165, 1.54) is 36.6 Å². The van der Waals surface area contributed by atoms with E-state index in [4.69, 9.17) is 9.52 Å². The van der Waals surface area contributed by atoms with Gasteiger partial charge in [0.1, 0.15) is 12.0 Å². The number of oxazole rings is 1. The van der Waals surface area contributed by atoms with E-state index in [2.05, 4.69) is 9.71 Å². The van der Waals surface area contributed by atoms with Gasteiger partial charge in [-0.2, -0.15) is 0 Å². The third-order valence-electron chi connectivity index (χ3n) is 3.89. The molecule has 0 amide bonds. The lowest BCUT2D eigenvalue weighted by molar-refractivity contribution is 0.0696. The van der Waals surface area contributed by atoms with Crippen molar-refractivity contribution in [3.63, 3.8) is 0 Å². The molecule has 8 heteroatoms. The van der Waals surface area contributed by atoms with E-state index < -0.39 is 16.0 Å². The zero-order valence-electron chi connectivity index (χ0n) is 14.1. The molecule has 0 aliphatic heterocycles. The largest absolute Gasteiger partial charge is 0.478 e. The van der Waals surface area contributed by atoms with Gasteiger partial charge in [0.15, 0.2) is 5.89 Å². The van der Waals surface area contributed by atoms with Crippen LogP contribution in [0.15, 0.2) is 58.0 Å². The highest BCUT2D eigenvalue weighted by Crippen LogP contribution is 2.24. The Hall–Kier alpha value is -3.13. The lowest BCUT2D eigenvalue weighted by Gasteiger charge is -2.12. The van der Waals surface area contributed by atoms with Crippen LogP contribution in [0.5, 0.6) is 0 Å². The van der Waals surface area contributed by atoms with Crippen LogP contribution in [0, 0.1) is 13.8 Å². The molecule has 0 fully saturated rings. The van der Waals surface area contributed by atoms with Crippen molar-refractivity contribution < 1.29 is 22.7 Å². The highest BCUT2D eigenvalue weighted by Gasteiger charge is 2.18. The molecule has 3 aromatic rings. The minimum absolute atomic E-state index is 0.0435. The Balaban J connectivity index is 1.89. The number of nitrogens with one attached hydrogen (secondary N) is 1. The molecular formula is C18H16N2O5S. The summed E-state index contributed by atoms with van der Waals surface area (Å²) in [6, 6.07) is 10.6. The number of hydrogen-bond acceptors (Lipinski definition) is 5. The highest BCUT2D eigenvalue weighted by atomic mass is 32.2. The number of aryl methyl sites for hydroxylation is 1. The molecular weight excluding hydrogens is 356 g/mol. The number of aromatic nitrogens is 1. The molecule has 0 radical (unpaired) electrons. The number of carboxylic acid groups (broad SMARTS) is 1. The van der Waals surface area contributed by atoms with Gasteiger partial charge in [-0.25, -0.2) is 18.2 Å². The quantitative estimate of drug-likeness (QED) is 0.710. The highest BCUT2D eigenvalue weighted by molar-refractivity contribution is 7.92. The van der Waals surface area contributed by atoms with E-state index in [1.54, 1.807) is 26.0 Å². The molecule has 2 aromatic carbocycles. The van der Waals surface area contributed by atoms with E-state index in [1.807, 2.05) is 0 Å². The van der Waals surface area contributed by atoms with Crippen molar-refractivity contribution in [3.8, 4) is 11.3 Å². The summed E-state index contributed by atoms with van der Waals surface area (Å²) >= 11 is 0. The minimum atomic E-state index is -3.86. The molecule has 0 unspecified atom stereocenters. The molecule has 1 heterocycles. The third-order valence-corrected chi connectivity index (χ3v) is 5.27. The van der Waals surface area contributed by atoms with Crippen LogP contribution in [-0.2, 0) is 10.0 Å². The Morgan fingerprint density at radius 1 is 1.12 bits per heavy atom. The summed E-state index contributed by atoms with van der Waals surface area (Å²) in [7, 11) is -3.86. The van der Waals surface area contributed by atoms with E-state index >= 15 is 0 Å². The van der Waals surface area contributed by atoms with Crippen molar-refractivity contribution in [2.24, 2.45) is 0 Å². The van der Waals surface area contributed by atoms with Crippen molar-refractivity contribution in [1.29, 1.82) is 0 Å². The molecule has 0 saturated heterocycles. The first-order valence-electron chi connectivity index (χ1n) is 7.66. The van der Waals surface area contributed by atoms with Gasteiger partial charge in [0.2, 0.25) is 0 Å². The number of nitrogens with zero attached hydrogens (tertiary/aromatic N) is 1. The Morgan fingerprint density at radius 2 is 1.81 bits per heavy atom. The van der Waals surface area contributed by atoms with Gasteiger partial charge in [-0.05, 0) is 36.8 Å². The molecule has 0 atom stereocenters. The van der Waals surface area contributed by atoms with Crippen LogP contribution in [0.3, 0.4) is 0 Å². The number of anilines is 1. The third kappa shape index (κ3) is 3.45. The van der Waals surface area contributed by atoms with Crippen LogP contribution >= 0.6 is 0 Å². The van der Waals surface area contributed by atoms with Crippen LogP contribution in [0.1, 0.15) is 21.8 Å². The standard InChI is InChI=1S/C18H16N2O5S/c1-11-15(18(21)22)4-3-5-16(11)20-26(23,24)14-8-6-13(7-9-14)17-10-25-12(2)19-17/h3-10,20H,1-2H3,(H,21,22). The summed E-state index contributed by atoms with van der Waals surface area (Å²) in [6.45, 7) is 3.27. The number of hydrogen-bond donors (Lipinski definition) is 2. The van der Waals surface area contributed by atoms with Gasteiger partial charge < -0.3 is 9.52 Å². The summed E-state index contributed by atoms with van der Waals surface area (Å²) in [6.07, 6.45) is 1.50. The number of benzene rings is 2. The van der Waals surface area contributed by atoms with E-state index in [9.17, 15) is 13.2 Å². The molecule has 0 spiro atoms. The molecule has 0 aliphatic carbocycles. The van der Waals surface area contributed by atoms with Gasteiger partial charge >= 0.3 is 5.97 Å². The number of rotatable bonds is 5. The van der Waals surface area contributed by atoms with Crippen LogP contribution in [-0.4, -0.2) is 24.5 Å². The average Bonchev–Trinajstić information content (AvgIpc) is 3.03. The van der Waals surface area contributed by atoms with E-state index in [0.717, 1.165) is 5.56 Å². The fourth-order valence-electron chi connectivity index (χ4n) is 2.48. The lowest BCUT2D eigenvalue weighted by atomic mass is 10.1. The fourth-order valence-corrected chi connectivity index (χ4v) is 3.61. The molecule has 0 bridgehead atoms. The van der Waals surface area contributed by atoms with E-state index in [0.29, 0.717) is 17.1 Å². The van der Waals surface area contributed by atoms with Crippen LogP contribution in [0.25, 0.3) is 11.3 Å². The summed E-state index contributed by atoms with van der Waals surface area (Å²) < 4.78 is 32.8. The maximum absolute atomic E-state index is 12.6. The number of carboxylic acids is 1. The van der Waals surface area contributed by atoms with Crippen molar-refractivity contribution in [2.45, 2.75) is 18.7 Å². The Kier molecular flexibility index (Phi) is 4.52. The number of carbonyl (C=O) groups is 1. The summed E-state index contributed by atoms with van der Waals surface area (Å²) in [4.78, 5) is 15.4. The van der Waals surface area contributed by atoms with Gasteiger partial charge in [0.05, 0.1) is 16.1 Å². The second-order valence-corrected chi connectivity index (χ2v) is 7.35. The summed E-state index contributed by atoms with van der Waals surface area (Å²) in [5.74, 6) is -0.594. The lowest BCUT2D eigenvalue weighted by Crippen LogP contribution is -2.14. The van der Waals surface area contributed by atoms with Gasteiger partial charge in [0, 0.05) is 12.5 Å².